The van der Waals surface area contributed by atoms with Gasteiger partial charge in [0.05, 0.1) is 13.2 Å². The molecule has 0 bridgehead atoms. The number of halogens is 1. The molecule has 0 spiro atoms. The Labute approximate surface area is 206 Å². The van der Waals surface area contributed by atoms with Crippen molar-refractivity contribution >= 4 is 45.9 Å². The molecule has 1 unspecified atom stereocenters. The summed E-state index contributed by atoms with van der Waals surface area (Å²) in [5, 5.41) is 4.78. The lowest BCUT2D eigenvalue weighted by molar-refractivity contribution is 0.365. The molecule has 1 aliphatic rings. The van der Waals surface area contributed by atoms with Crippen LogP contribution in [0.2, 0.25) is 5.02 Å². The summed E-state index contributed by atoms with van der Waals surface area (Å²) in [6, 6.07) is 22.1. The first-order chi connectivity index (χ1) is 16.0. The van der Waals surface area contributed by atoms with Crippen molar-refractivity contribution < 1.29 is 4.74 Å². The van der Waals surface area contributed by atoms with E-state index >= 15 is 0 Å². The topological polar surface area (TPSA) is 50.5 Å². The van der Waals surface area contributed by atoms with Crippen molar-refractivity contribution in [2.75, 3.05) is 24.7 Å². The van der Waals surface area contributed by atoms with Gasteiger partial charge in [-0.05, 0) is 84.2 Å². The number of ether oxygens (including phenoxy) is 1. The number of nitrogens with zero attached hydrogens (tertiary/aromatic N) is 1. The fourth-order valence-electron chi connectivity index (χ4n) is 4.10. The van der Waals surface area contributed by atoms with Crippen LogP contribution >= 0.6 is 23.8 Å². The molecule has 0 amide bonds. The molecule has 0 fully saturated rings. The summed E-state index contributed by atoms with van der Waals surface area (Å²) in [5.41, 5.74) is 12.6. The number of methoxy groups -OCH3 is 1. The molecule has 3 aromatic carbocycles. The van der Waals surface area contributed by atoms with E-state index in [4.69, 9.17) is 34.3 Å². The first kappa shape index (κ1) is 23.1. The maximum Gasteiger partial charge on any atom is 0.174 e. The van der Waals surface area contributed by atoms with Gasteiger partial charge in [-0.3, -0.25) is 0 Å². The molecule has 33 heavy (non-hydrogen) atoms. The first-order valence-corrected chi connectivity index (χ1v) is 11.8. The van der Waals surface area contributed by atoms with E-state index in [-0.39, 0.29) is 6.04 Å². The minimum absolute atomic E-state index is 0.0482. The van der Waals surface area contributed by atoms with E-state index in [1.165, 1.54) is 11.1 Å². The predicted molar refractivity (Wildman–Crippen MR) is 143 cm³/mol. The number of nitrogens with one attached hydrogen (secondary N) is 1. The van der Waals surface area contributed by atoms with Gasteiger partial charge < -0.3 is 20.7 Å². The highest BCUT2D eigenvalue weighted by molar-refractivity contribution is 7.80. The lowest BCUT2D eigenvalue weighted by atomic mass is 9.91. The summed E-state index contributed by atoms with van der Waals surface area (Å²) in [6.07, 6.45) is 4.06. The fraction of sp³-hybridized carbons (Fsp3) is 0.222. The van der Waals surface area contributed by atoms with Crippen molar-refractivity contribution in [2.24, 2.45) is 0 Å². The van der Waals surface area contributed by atoms with Crippen LogP contribution in [0.4, 0.5) is 11.4 Å². The zero-order valence-electron chi connectivity index (χ0n) is 18.8. The van der Waals surface area contributed by atoms with Gasteiger partial charge in [-0.25, -0.2) is 0 Å². The Morgan fingerprint density at radius 3 is 2.52 bits per heavy atom. The fourth-order valence-corrected chi connectivity index (χ4v) is 4.59. The van der Waals surface area contributed by atoms with E-state index in [2.05, 4.69) is 59.6 Å². The number of benzene rings is 3. The smallest absolute Gasteiger partial charge is 0.174 e. The lowest BCUT2D eigenvalue weighted by Crippen LogP contribution is -2.40. The molecule has 0 saturated heterocycles. The molecule has 3 N–H and O–H groups in total. The van der Waals surface area contributed by atoms with Crippen LogP contribution in [0, 0.1) is 0 Å². The number of hydrogen-bond donors (Lipinski definition) is 2. The van der Waals surface area contributed by atoms with Crippen molar-refractivity contribution in [3.05, 3.63) is 94.5 Å². The van der Waals surface area contributed by atoms with E-state index in [9.17, 15) is 0 Å². The summed E-state index contributed by atoms with van der Waals surface area (Å²) >= 11 is 12.1. The largest absolute Gasteiger partial charge is 0.497 e. The van der Waals surface area contributed by atoms with E-state index in [0.717, 1.165) is 47.6 Å². The maximum atomic E-state index is 6.29. The van der Waals surface area contributed by atoms with Crippen LogP contribution in [0.25, 0.3) is 5.57 Å². The van der Waals surface area contributed by atoms with Gasteiger partial charge in [0.1, 0.15) is 5.75 Å². The van der Waals surface area contributed by atoms with Gasteiger partial charge in [0.25, 0.3) is 0 Å². The van der Waals surface area contributed by atoms with E-state index < -0.39 is 0 Å². The molecule has 6 heteroatoms. The van der Waals surface area contributed by atoms with Crippen molar-refractivity contribution in [3.8, 4) is 5.75 Å². The van der Waals surface area contributed by atoms with Gasteiger partial charge in [0, 0.05) is 28.5 Å². The molecule has 1 aliphatic heterocycles. The van der Waals surface area contributed by atoms with Crippen molar-refractivity contribution in [2.45, 2.75) is 25.8 Å². The highest BCUT2D eigenvalue weighted by atomic mass is 35.5. The SMILES string of the molecule is CCc1ccc(NC(=S)N2CCC(c3cc(Cl)ccc3N)=CC2c2ccc(OC)cc2)cc1. The summed E-state index contributed by atoms with van der Waals surface area (Å²) in [7, 11) is 1.67. The standard InChI is InChI=1S/C27H28ClN3OS/c1-3-18-4-9-22(10-5-18)30-27(33)31-15-14-20(24-17-21(28)8-13-25(24)29)16-26(31)19-6-11-23(32-2)12-7-19/h4-13,16-17,26H,3,14-15,29H2,1-2H3,(H,30,33). The molecule has 0 aliphatic carbocycles. The van der Waals surface area contributed by atoms with Gasteiger partial charge in [0.15, 0.2) is 5.11 Å². The minimum atomic E-state index is -0.0482. The Morgan fingerprint density at radius 1 is 1.12 bits per heavy atom. The van der Waals surface area contributed by atoms with Crippen molar-refractivity contribution in [3.63, 3.8) is 0 Å². The summed E-state index contributed by atoms with van der Waals surface area (Å²) in [4.78, 5) is 2.22. The molecule has 4 nitrogen and oxygen atoms in total. The zero-order chi connectivity index (χ0) is 23.4. The Kier molecular flexibility index (Phi) is 7.21. The monoisotopic (exact) mass is 477 g/mol. The second-order valence-corrected chi connectivity index (χ2v) is 8.89. The van der Waals surface area contributed by atoms with Crippen molar-refractivity contribution in [1.82, 2.24) is 4.90 Å². The Hall–Kier alpha value is -3.02. The number of nitrogens with two attached hydrogens (primary N) is 1. The van der Waals surface area contributed by atoms with Crippen molar-refractivity contribution in [1.29, 1.82) is 0 Å². The first-order valence-electron chi connectivity index (χ1n) is 11.0. The molecular formula is C27H28ClN3OS. The van der Waals surface area contributed by atoms with E-state index in [0.29, 0.717) is 10.1 Å². The van der Waals surface area contributed by atoms with Gasteiger partial charge in [-0.15, -0.1) is 0 Å². The molecule has 0 radical (unpaired) electrons. The molecular weight excluding hydrogens is 450 g/mol. The number of anilines is 2. The molecule has 4 rings (SSSR count). The molecule has 3 aromatic rings. The molecule has 0 saturated carbocycles. The van der Waals surface area contributed by atoms with Gasteiger partial charge in [0.2, 0.25) is 0 Å². The summed E-state index contributed by atoms with van der Waals surface area (Å²) < 4.78 is 5.35. The van der Waals surface area contributed by atoms with Crippen LogP contribution in [-0.4, -0.2) is 23.7 Å². The lowest BCUT2D eigenvalue weighted by Gasteiger charge is -2.37. The van der Waals surface area contributed by atoms with Crippen LogP contribution in [0.3, 0.4) is 0 Å². The number of aryl methyl sites for hydroxylation is 1. The molecule has 0 aromatic heterocycles. The summed E-state index contributed by atoms with van der Waals surface area (Å²) in [5.74, 6) is 0.820. The van der Waals surface area contributed by atoms with Crippen LogP contribution < -0.4 is 15.8 Å². The summed E-state index contributed by atoms with van der Waals surface area (Å²) in [6.45, 7) is 2.91. The predicted octanol–water partition coefficient (Wildman–Crippen LogP) is 6.72. The van der Waals surface area contributed by atoms with Crippen LogP contribution in [0.15, 0.2) is 72.8 Å². The van der Waals surface area contributed by atoms with Crippen LogP contribution in [0.1, 0.15) is 36.1 Å². The number of hydrogen-bond acceptors (Lipinski definition) is 3. The van der Waals surface area contributed by atoms with Gasteiger partial charge >= 0.3 is 0 Å². The second-order valence-electron chi connectivity index (χ2n) is 8.07. The van der Waals surface area contributed by atoms with Crippen LogP contribution in [-0.2, 0) is 6.42 Å². The Morgan fingerprint density at radius 2 is 1.85 bits per heavy atom. The molecule has 170 valence electrons. The third-order valence-corrected chi connectivity index (χ3v) is 6.58. The third kappa shape index (κ3) is 5.32. The van der Waals surface area contributed by atoms with E-state index in [1.807, 2.05) is 30.3 Å². The molecule has 1 heterocycles. The number of thiocarbonyl (C=S) groups is 1. The minimum Gasteiger partial charge on any atom is -0.497 e. The average molecular weight is 478 g/mol. The Balaban J connectivity index is 1.67. The maximum absolute atomic E-state index is 6.29. The highest BCUT2D eigenvalue weighted by Crippen LogP contribution is 2.37. The normalized spacial score (nSPS) is 15.7. The zero-order valence-corrected chi connectivity index (χ0v) is 20.4. The third-order valence-electron chi connectivity index (χ3n) is 6.01. The highest BCUT2D eigenvalue weighted by Gasteiger charge is 2.27. The Bertz CT molecular complexity index is 1160. The van der Waals surface area contributed by atoms with Gasteiger partial charge in [-0.1, -0.05) is 48.9 Å². The number of rotatable bonds is 5. The quantitative estimate of drug-likeness (QED) is 0.315. The van der Waals surface area contributed by atoms with Gasteiger partial charge in [-0.2, -0.15) is 0 Å². The average Bonchev–Trinajstić information content (AvgIpc) is 2.85. The second kappa shape index (κ2) is 10.3. The molecule has 1 atom stereocenters. The number of nitrogen functional groups attached to an aromatic ring is 1. The van der Waals surface area contributed by atoms with E-state index in [1.54, 1.807) is 7.11 Å². The van der Waals surface area contributed by atoms with Crippen LogP contribution in [0.5, 0.6) is 5.75 Å².